The number of hydrogen-bond acceptors (Lipinski definition) is 3. The summed E-state index contributed by atoms with van der Waals surface area (Å²) in [5, 5.41) is 0. The minimum atomic E-state index is 0.288. The van der Waals surface area contributed by atoms with Gasteiger partial charge in [-0.1, -0.05) is 6.42 Å². The summed E-state index contributed by atoms with van der Waals surface area (Å²) < 4.78 is 0. The summed E-state index contributed by atoms with van der Waals surface area (Å²) >= 11 is 0. The van der Waals surface area contributed by atoms with E-state index in [-0.39, 0.29) is 5.91 Å². The maximum absolute atomic E-state index is 12.1. The minimum absolute atomic E-state index is 0.288. The zero-order valence-corrected chi connectivity index (χ0v) is 10.9. The van der Waals surface area contributed by atoms with E-state index in [9.17, 15) is 4.79 Å². The smallest absolute Gasteiger partial charge is 0.236 e. The number of nitrogens with two attached hydrogens (primary N) is 1. The van der Waals surface area contributed by atoms with Crippen LogP contribution in [0.25, 0.3) is 0 Å². The van der Waals surface area contributed by atoms with Gasteiger partial charge in [-0.3, -0.25) is 9.69 Å². The van der Waals surface area contributed by atoms with E-state index in [0.29, 0.717) is 18.6 Å². The summed E-state index contributed by atoms with van der Waals surface area (Å²) in [4.78, 5) is 16.4. The summed E-state index contributed by atoms with van der Waals surface area (Å²) in [6.45, 7) is 2.29. The van der Waals surface area contributed by atoms with Gasteiger partial charge in [-0.2, -0.15) is 0 Å². The second-order valence-electron chi connectivity index (χ2n) is 5.43. The van der Waals surface area contributed by atoms with Gasteiger partial charge in [0.15, 0.2) is 0 Å². The van der Waals surface area contributed by atoms with E-state index in [1.54, 1.807) is 0 Å². The molecule has 0 saturated heterocycles. The fourth-order valence-corrected chi connectivity index (χ4v) is 2.39. The Morgan fingerprint density at radius 3 is 2.41 bits per heavy atom. The van der Waals surface area contributed by atoms with Crippen LogP contribution in [0.4, 0.5) is 0 Å². The van der Waals surface area contributed by atoms with Crippen LogP contribution in [0.3, 0.4) is 0 Å². The molecule has 1 amide bonds. The lowest BCUT2D eigenvalue weighted by Gasteiger charge is -2.37. The van der Waals surface area contributed by atoms with Gasteiger partial charge in [0.2, 0.25) is 5.91 Å². The Bertz CT molecular complexity index is 261. The lowest BCUT2D eigenvalue weighted by atomic mass is 9.91. The van der Waals surface area contributed by atoms with Crippen LogP contribution in [0.15, 0.2) is 0 Å². The number of amides is 1. The number of nitrogens with zero attached hydrogens (tertiary/aromatic N) is 2. The Balaban J connectivity index is 1.80. The van der Waals surface area contributed by atoms with E-state index in [1.165, 1.54) is 32.1 Å². The Morgan fingerprint density at radius 1 is 1.24 bits per heavy atom. The molecule has 0 aromatic heterocycles. The highest BCUT2D eigenvalue weighted by Crippen LogP contribution is 2.27. The first kappa shape index (κ1) is 12.8. The first-order chi connectivity index (χ1) is 8.22. The number of hydrogen-bond donors (Lipinski definition) is 1. The lowest BCUT2D eigenvalue weighted by molar-refractivity contribution is -0.132. The van der Waals surface area contributed by atoms with Crippen LogP contribution >= 0.6 is 0 Å². The third-order valence-electron chi connectivity index (χ3n) is 4.07. The van der Waals surface area contributed by atoms with Gasteiger partial charge in [-0.25, -0.2) is 0 Å². The Labute approximate surface area is 104 Å². The average molecular weight is 239 g/mol. The molecule has 0 aliphatic heterocycles. The molecule has 2 fully saturated rings. The number of rotatable bonds is 7. The molecule has 0 heterocycles. The van der Waals surface area contributed by atoms with Crippen molar-refractivity contribution in [2.24, 2.45) is 5.73 Å². The third kappa shape index (κ3) is 3.42. The molecule has 0 bridgehead atoms. The molecule has 0 spiro atoms. The van der Waals surface area contributed by atoms with Crippen LogP contribution < -0.4 is 5.73 Å². The Morgan fingerprint density at radius 2 is 1.94 bits per heavy atom. The standard InChI is InChI=1S/C13H25N3O/c1-15(11-6-7-11)13(17)10-16(9-3-8-14)12-4-2-5-12/h11-12H,2-10,14H2,1H3. The second-order valence-corrected chi connectivity index (χ2v) is 5.43. The van der Waals surface area contributed by atoms with Crippen molar-refractivity contribution in [2.45, 2.75) is 50.6 Å². The predicted octanol–water partition coefficient (Wildman–Crippen LogP) is 0.811. The molecule has 2 aliphatic carbocycles. The molecular weight excluding hydrogens is 214 g/mol. The number of likely N-dealkylation sites (N-methyl/N-ethyl adjacent to an activating group) is 1. The van der Waals surface area contributed by atoms with E-state index in [1.807, 2.05) is 11.9 Å². The molecule has 0 atom stereocenters. The van der Waals surface area contributed by atoms with E-state index >= 15 is 0 Å². The first-order valence-electron chi connectivity index (χ1n) is 6.92. The number of carbonyl (C=O) groups is 1. The molecule has 4 nitrogen and oxygen atoms in total. The highest BCUT2D eigenvalue weighted by molar-refractivity contribution is 5.78. The maximum atomic E-state index is 12.1. The summed E-state index contributed by atoms with van der Waals surface area (Å²) in [5.41, 5.74) is 5.56. The van der Waals surface area contributed by atoms with Crippen molar-refractivity contribution in [3.05, 3.63) is 0 Å². The lowest BCUT2D eigenvalue weighted by Crippen LogP contribution is -2.47. The van der Waals surface area contributed by atoms with Gasteiger partial charge in [0.1, 0.15) is 0 Å². The molecule has 4 heteroatoms. The molecule has 0 aromatic carbocycles. The minimum Gasteiger partial charge on any atom is -0.342 e. The van der Waals surface area contributed by atoms with Crippen molar-refractivity contribution in [1.29, 1.82) is 0 Å². The molecule has 17 heavy (non-hydrogen) atoms. The highest BCUT2D eigenvalue weighted by Gasteiger charge is 2.32. The van der Waals surface area contributed by atoms with Crippen molar-refractivity contribution in [2.75, 3.05) is 26.7 Å². The van der Waals surface area contributed by atoms with Crippen molar-refractivity contribution in [1.82, 2.24) is 9.80 Å². The van der Waals surface area contributed by atoms with Crippen LogP contribution in [-0.4, -0.2) is 54.5 Å². The number of carbonyl (C=O) groups excluding carboxylic acids is 1. The van der Waals surface area contributed by atoms with Crippen molar-refractivity contribution < 1.29 is 4.79 Å². The zero-order chi connectivity index (χ0) is 12.3. The normalized spacial score (nSPS) is 20.4. The van der Waals surface area contributed by atoms with Crippen LogP contribution in [0.1, 0.15) is 38.5 Å². The highest BCUT2D eigenvalue weighted by atomic mass is 16.2. The molecule has 2 saturated carbocycles. The summed E-state index contributed by atoms with van der Waals surface area (Å²) in [6.07, 6.45) is 7.20. The van der Waals surface area contributed by atoms with Crippen molar-refractivity contribution in [3.63, 3.8) is 0 Å². The summed E-state index contributed by atoms with van der Waals surface area (Å²) in [6, 6.07) is 1.17. The fraction of sp³-hybridized carbons (Fsp3) is 0.923. The monoisotopic (exact) mass is 239 g/mol. The van der Waals surface area contributed by atoms with E-state index < -0.39 is 0 Å². The molecule has 0 unspecified atom stereocenters. The molecule has 2 N–H and O–H groups in total. The second kappa shape index (κ2) is 5.83. The molecule has 0 aromatic rings. The molecule has 2 aliphatic rings. The topological polar surface area (TPSA) is 49.6 Å². The third-order valence-corrected chi connectivity index (χ3v) is 4.07. The Kier molecular flexibility index (Phi) is 4.40. The van der Waals surface area contributed by atoms with Crippen LogP contribution in [0.5, 0.6) is 0 Å². The van der Waals surface area contributed by atoms with Crippen LogP contribution in [0.2, 0.25) is 0 Å². The SMILES string of the molecule is CN(C(=O)CN(CCCN)C1CCC1)C1CC1. The van der Waals surface area contributed by atoms with Gasteiger partial charge in [0, 0.05) is 25.7 Å². The largest absolute Gasteiger partial charge is 0.342 e. The van der Waals surface area contributed by atoms with Gasteiger partial charge in [-0.15, -0.1) is 0 Å². The maximum Gasteiger partial charge on any atom is 0.236 e. The van der Waals surface area contributed by atoms with E-state index in [0.717, 1.165) is 19.5 Å². The van der Waals surface area contributed by atoms with Crippen molar-refractivity contribution >= 4 is 5.91 Å². The molecule has 2 rings (SSSR count). The van der Waals surface area contributed by atoms with E-state index in [2.05, 4.69) is 4.90 Å². The Hall–Kier alpha value is -0.610. The molecular formula is C13H25N3O. The summed E-state index contributed by atoms with van der Waals surface area (Å²) in [5.74, 6) is 0.288. The van der Waals surface area contributed by atoms with Crippen molar-refractivity contribution in [3.8, 4) is 0 Å². The van der Waals surface area contributed by atoms with Gasteiger partial charge in [0.25, 0.3) is 0 Å². The molecule has 0 radical (unpaired) electrons. The van der Waals surface area contributed by atoms with Gasteiger partial charge in [-0.05, 0) is 38.6 Å². The molecule has 98 valence electrons. The predicted molar refractivity (Wildman–Crippen MR) is 68.7 cm³/mol. The van der Waals surface area contributed by atoms with Gasteiger partial charge in [0.05, 0.1) is 6.54 Å². The van der Waals surface area contributed by atoms with Crippen LogP contribution in [0, 0.1) is 0 Å². The quantitative estimate of drug-likeness (QED) is 0.715. The van der Waals surface area contributed by atoms with Gasteiger partial charge < -0.3 is 10.6 Å². The zero-order valence-electron chi connectivity index (χ0n) is 10.9. The average Bonchev–Trinajstić information content (AvgIpc) is 3.05. The summed E-state index contributed by atoms with van der Waals surface area (Å²) in [7, 11) is 1.95. The van der Waals surface area contributed by atoms with Gasteiger partial charge >= 0.3 is 0 Å². The fourth-order valence-electron chi connectivity index (χ4n) is 2.39. The van der Waals surface area contributed by atoms with E-state index in [4.69, 9.17) is 5.73 Å². The first-order valence-corrected chi connectivity index (χ1v) is 6.92. The van der Waals surface area contributed by atoms with Crippen LogP contribution in [-0.2, 0) is 4.79 Å².